The van der Waals surface area contributed by atoms with Crippen molar-refractivity contribution in [3.05, 3.63) is 12.2 Å². The van der Waals surface area contributed by atoms with Gasteiger partial charge in [0.2, 0.25) is 0 Å². The summed E-state index contributed by atoms with van der Waals surface area (Å²) in [5, 5.41) is 6.84. The summed E-state index contributed by atoms with van der Waals surface area (Å²) in [6, 6.07) is 0. The minimum atomic E-state index is -4.59. The van der Waals surface area contributed by atoms with Gasteiger partial charge >= 0.3 is 10.1 Å². The maximum absolute atomic E-state index is 10.3. The van der Waals surface area contributed by atoms with E-state index in [1.165, 1.54) is 0 Å². The SMILES string of the molecule is O=C(C=CCCO)S(=O)(=O)O. The van der Waals surface area contributed by atoms with Crippen molar-refractivity contribution in [2.75, 3.05) is 6.61 Å². The summed E-state index contributed by atoms with van der Waals surface area (Å²) < 4.78 is 28.1. The smallest absolute Gasteiger partial charge is 0.332 e. The Balaban J connectivity index is 4.10. The number of carbonyl (C=O) groups excluding carboxylic acids is 1. The van der Waals surface area contributed by atoms with Crippen LogP contribution < -0.4 is 0 Å². The molecule has 0 aliphatic rings. The molecular weight excluding hydrogens is 172 g/mol. The minimum Gasteiger partial charge on any atom is -0.396 e. The van der Waals surface area contributed by atoms with Crippen molar-refractivity contribution in [2.45, 2.75) is 6.42 Å². The Hall–Kier alpha value is -0.720. The third-order valence-corrected chi connectivity index (χ3v) is 1.45. The molecule has 0 bridgehead atoms. The normalized spacial score (nSPS) is 12.2. The Morgan fingerprint density at radius 2 is 2.00 bits per heavy atom. The summed E-state index contributed by atoms with van der Waals surface area (Å²) in [6.45, 7) is -0.171. The van der Waals surface area contributed by atoms with Gasteiger partial charge in [-0.2, -0.15) is 8.42 Å². The minimum absolute atomic E-state index is 0.171. The molecular formula is C5H8O5S. The van der Waals surface area contributed by atoms with Gasteiger partial charge in [0.25, 0.3) is 5.12 Å². The standard InChI is InChI=1S/C5H8O5S/c6-4-2-1-3-5(7)11(8,9)10/h1,3,6H,2,4H2,(H,8,9,10). The van der Waals surface area contributed by atoms with Crippen molar-refractivity contribution in [3.63, 3.8) is 0 Å². The van der Waals surface area contributed by atoms with E-state index in [0.717, 1.165) is 6.08 Å². The molecule has 0 saturated heterocycles. The quantitative estimate of drug-likeness (QED) is 0.444. The highest BCUT2D eigenvalue weighted by molar-refractivity contribution is 8.01. The second kappa shape index (κ2) is 4.22. The van der Waals surface area contributed by atoms with Crippen molar-refractivity contribution in [3.8, 4) is 0 Å². The Morgan fingerprint density at radius 1 is 1.45 bits per heavy atom. The second-order valence-corrected chi connectivity index (χ2v) is 3.06. The fourth-order valence-electron chi connectivity index (χ4n) is 0.340. The largest absolute Gasteiger partial charge is 0.396 e. The molecule has 0 heterocycles. The summed E-state index contributed by atoms with van der Waals surface area (Å²) in [7, 11) is -4.59. The molecule has 0 aromatic rings. The van der Waals surface area contributed by atoms with Crippen molar-refractivity contribution in [1.29, 1.82) is 0 Å². The first-order chi connectivity index (χ1) is 4.98. The Kier molecular flexibility index (Phi) is 3.94. The number of hydrogen-bond acceptors (Lipinski definition) is 4. The summed E-state index contributed by atoms with van der Waals surface area (Å²) in [5.41, 5.74) is 0. The second-order valence-electron chi connectivity index (χ2n) is 1.71. The zero-order valence-corrected chi connectivity index (χ0v) is 6.41. The van der Waals surface area contributed by atoms with E-state index in [2.05, 4.69) is 0 Å². The molecule has 64 valence electrons. The molecule has 0 radical (unpaired) electrons. The van der Waals surface area contributed by atoms with Crippen LogP contribution >= 0.6 is 0 Å². The number of carbonyl (C=O) groups is 1. The summed E-state index contributed by atoms with van der Waals surface area (Å²) in [5.74, 6) is 0. The van der Waals surface area contributed by atoms with Gasteiger partial charge in [-0.25, -0.2) is 0 Å². The van der Waals surface area contributed by atoms with E-state index in [1.807, 2.05) is 0 Å². The maximum Gasteiger partial charge on any atom is 0.332 e. The Labute approximate surface area is 64.1 Å². The van der Waals surface area contributed by atoms with Crippen molar-refractivity contribution in [2.24, 2.45) is 0 Å². The van der Waals surface area contributed by atoms with Crippen LogP contribution in [0.5, 0.6) is 0 Å². The highest BCUT2D eigenvalue weighted by atomic mass is 32.2. The molecule has 6 heteroatoms. The van der Waals surface area contributed by atoms with Crippen molar-refractivity contribution < 1.29 is 22.9 Å². The first-order valence-electron chi connectivity index (χ1n) is 2.77. The van der Waals surface area contributed by atoms with Gasteiger partial charge in [0, 0.05) is 6.61 Å². The molecule has 0 aliphatic heterocycles. The van der Waals surface area contributed by atoms with E-state index < -0.39 is 15.2 Å². The molecule has 0 rings (SSSR count). The highest BCUT2D eigenvalue weighted by Crippen LogP contribution is 1.89. The van der Waals surface area contributed by atoms with Gasteiger partial charge in [0.05, 0.1) is 0 Å². The van der Waals surface area contributed by atoms with Crippen LogP contribution in [0, 0.1) is 0 Å². The van der Waals surface area contributed by atoms with Crippen LogP contribution in [0.1, 0.15) is 6.42 Å². The number of rotatable bonds is 3. The molecule has 0 aliphatic carbocycles. The van der Waals surface area contributed by atoms with Crippen LogP contribution in [0.15, 0.2) is 12.2 Å². The third-order valence-electron chi connectivity index (χ3n) is 0.804. The zero-order chi connectivity index (χ0) is 8.91. The number of hydrogen-bond donors (Lipinski definition) is 2. The molecule has 11 heavy (non-hydrogen) atoms. The first-order valence-corrected chi connectivity index (χ1v) is 4.21. The molecule has 0 aromatic heterocycles. The Bertz CT molecular complexity index is 250. The lowest BCUT2D eigenvalue weighted by Gasteiger charge is -1.86. The van der Waals surface area contributed by atoms with Gasteiger partial charge in [-0.3, -0.25) is 9.35 Å². The molecule has 0 saturated carbocycles. The highest BCUT2D eigenvalue weighted by Gasteiger charge is 2.13. The van der Waals surface area contributed by atoms with E-state index >= 15 is 0 Å². The van der Waals surface area contributed by atoms with Crippen molar-refractivity contribution >= 4 is 15.2 Å². The molecule has 0 spiro atoms. The van der Waals surface area contributed by atoms with E-state index in [0.29, 0.717) is 6.08 Å². The zero-order valence-electron chi connectivity index (χ0n) is 5.60. The molecule has 0 atom stereocenters. The lowest BCUT2D eigenvalue weighted by atomic mass is 10.4. The predicted octanol–water partition coefficient (Wildman–Crippen LogP) is -0.661. The third kappa shape index (κ3) is 4.65. The van der Waals surface area contributed by atoms with Crippen LogP contribution in [0.25, 0.3) is 0 Å². The van der Waals surface area contributed by atoms with Gasteiger partial charge in [-0.1, -0.05) is 6.08 Å². The number of aliphatic hydroxyl groups is 1. The lowest BCUT2D eigenvalue weighted by Crippen LogP contribution is -2.09. The summed E-state index contributed by atoms with van der Waals surface area (Å²) >= 11 is 0. The van der Waals surface area contributed by atoms with E-state index in [9.17, 15) is 13.2 Å². The molecule has 2 N–H and O–H groups in total. The monoisotopic (exact) mass is 180 g/mol. The van der Waals surface area contributed by atoms with Gasteiger partial charge < -0.3 is 5.11 Å². The summed E-state index contributed by atoms with van der Waals surface area (Å²) in [6.07, 6.45) is 2.04. The Morgan fingerprint density at radius 3 is 2.36 bits per heavy atom. The van der Waals surface area contributed by atoms with E-state index in [1.54, 1.807) is 0 Å². The van der Waals surface area contributed by atoms with E-state index in [-0.39, 0.29) is 13.0 Å². The fourth-order valence-corrected chi connectivity index (χ4v) is 0.608. The fraction of sp³-hybridized carbons (Fsp3) is 0.400. The number of aliphatic hydroxyl groups excluding tert-OH is 1. The molecule has 0 amide bonds. The average molecular weight is 180 g/mol. The van der Waals surface area contributed by atoms with Gasteiger partial charge in [0.15, 0.2) is 0 Å². The van der Waals surface area contributed by atoms with Crippen LogP contribution in [-0.4, -0.2) is 29.8 Å². The van der Waals surface area contributed by atoms with Crippen LogP contribution in [0.2, 0.25) is 0 Å². The van der Waals surface area contributed by atoms with Gasteiger partial charge in [0.1, 0.15) is 0 Å². The predicted molar refractivity (Wildman–Crippen MR) is 37.4 cm³/mol. The van der Waals surface area contributed by atoms with Crippen molar-refractivity contribution in [1.82, 2.24) is 0 Å². The first kappa shape index (κ1) is 10.3. The molecule has 0 fully saturated rings. The molecule has 0 aromatic carbocycles. The van der Waals surface area contributed by atoms with Gasteiger partial charge in [-0.15, -0.1) is 0 Å². The molecule has 0 unspecified atom stereocenters. The van der Waals surface area contributed by atoms with Gasteiger partial charge in [-0.05, 0) is 12.5 Å². The van der Waals surface area contributed by atoms with Crippen LogP contribution in [0.4, 0.5) is 0 Å². The van der Waals surface area contributed by atoms with E-state index in [4.69, 9.17) is 9.66 Å². The summed E-state index contributed by atoms with van der Waals surface area (Å²) in [4.78, 5) is 10.3. The maximum atomic E-state index is 10.3. The van der Waals surface area contributed by atoms with Crippen LogP contribution in [0.3, 0.4) is 0 Å². The average Bonchev–Trinajstić information content (AvgIpc) is 1.86. The lowest BCUT2D eigenvalue weighted by molar-refractivity contribution is -0.108. The molecule has 5 nitrogen and oxygen atoms in total. The van der Waals surface area contributed by atoms with Crippen LogP contribution in [-0.2, 0) is 14.9 Å². The topological polar surface area (TPSA) is 91.7 Å².